The summed E-state index contributed by atoms with van der Waals surface area (Å²) in [6.45, 7) is 3.27. The summed E-state index contributed by atoms with van der Waals surface area (Å²) >= 11 is 3.09. The molecule has 2 unspecified atom stereocenters. The van der Waals surface area contributed by atoms with E-state index in [0.29, 0.717) is 6.42 Å². The van der Waals surface area contributed by atoms with Gasteiger partial charge in [-0.15, -0.1) is 0 Å². The number of carbonyl (C=O) groups is 1. The predicted octanol–water partition coefficient (Wildman–Crippen LogP) is 3.08. The van der Waals surface area contributed by atoms with E-state index >= 15 is 0 Å². The Kier molecular flexibility index (Phi) is 11.1. The summed E-state index contributed by atoms with van der Waals surface area (Å²) in [6, 6.07) is 7.22. The summed E-state index contributed by atoms with van der Waals surface area (Å²) in [6.07, 6.45) is 1.32. The van der Waals surface area contributed by atoms with Crippen LogP contribution in [-0.2, 0) is 23.4 Å². The summed E-state index contributed by atoms with van der Waals surface area (Å²) < 4.78 is 37.0. The molecular weight excluding hydrogens is 585 g/mol. The van der Waals surface area contributed by atoms with Gasteiger partial charge in [-0.25, -0.2) is 9.36 Å². The molecule has 3 rings (SSSR count). The van der Waals surface area contributed by atoms with Crippen molar-refractivity contribution in [1.82, 2.24) is 14.6 Å². The molecule has 0 aliphatic carbocycles. The number of unbranched alkanes of at least 4 members (excludes halogenated alkanes) is 1. The third-order valence-corrected chi connectivity index (χ3v) is 7.49. The number of esters is 1. The zero-order chi connectivity index (χ0) is 27.7. The van der Waals surface area contributed by atoms with Crippen LogP contribution in [0.25, 0.3) is 6.08 Å². The number of H-pyrrole nitrogens is 1. The van der Waals surface area contributed by atoms with Crippen LogP contribution in [0.5, 0.6) is 5.75 Å². The molecule has 1 aliphatic rings. The van der Waals surface area contributed by atoms with Crippen LogP contribution < -0.4 is 20.9 Å². The number of nitrogens with zero attached hydrogens (tertiary/aromatic N) is 1. The molecule has 0 radical (unpaired) electrons. The van der Waals surface area contributed by atoms with E-state index in [1.807, 2.05) is 6.92 Å². The Morgan fingerprint density at radius 1 is 1.37 bits per heavy atom. The fourth-order valence-electron chi connectivity index (χ4n) is 3.55. The fourth-order valence-corrected chi connectivity index (χ4v) is 5.34. The molecule has 208 valence electrons. The van der Waals surface area contributed by atoms with E-state index in [1.54, 1.807) is 30.3 Å². The number of hydrogen-bond acceptors (Lipinski definition) is 9. The van der Waals surface area contributed by atoms with Crippen LogP contribution in [0.3, 0.4) is 0 Å². The summed E-state index contributed by atoms with van der Waals surface area (Å²) in [5, 5.41) is 13.2. The molecule has 3 N–H and O–H groups in total. The monoisotopic (exact) mass is 615 g/mol. The average molecular weight is 616 g/mol. The minimum absolute atomic E-state index is 0.00880. The van der Waals surface area contributed by atoms with E-state index in [0.717, 1.165) is 11.0 Å². The van der Waals surface area contributed by atoms with Crippen molar-refractivity contribution in [1.29, 1.82) is 0 Å². The van der Waals surface area contributed by atoms with E-state index in [-0.39, 0.29) is 24.3 Å². The first-order valence-electron chi connectivity index (χ1n) is 12.0. The van der Waals surface area contributed by atoms with Crippen molar-refractivity contribution >= 4 is 35.7 Å². The molecule has 0 bridgehead atoms. The van der Waals surface area contributed by atoms with Crippen molar-refractivity contribution < 1.29 is 33.0 Å². The Labute approximate surface area is 227 Å². The number of rotatable bonds is 13. The number of hydrogen-bond donors (Lipinski definition) is 3. The van der Waals surface area contributed by atoms with Crippen molar-refractivity contribution in [3.63, 3.8) is 0 Å². The van der Waals surface area contributed by atoms with Gasteiger partial charge in [0.25, 0.3) is 5.56 Å². The lowest BCUT2D eigenvalue weighted by atomic mass is 10.2. The smallest absolute Gasteiger partial charge is 0.459 e. The van der Waals surface area contributed by atoms with E-state index in [1.165, 1.54) is 24.2 Å². The van der Waals surface area contributed by atoms with Crippen LogP contribution >= 0.6 is 23.7 Å². The maximum Gasteiger partial charge on any atom is 0.459 e. The van der Waals surface area contributed by atoms with Gasteiger partial charge in [-0.05, 0) is 36.5 Å². The Morgan fingerprint density at radius 3 is 2.79 bits per heavy atom. The van der Waals surface area contributed by atoms with E-state index in [4.69, 9.17) is 18.5 Å². The molecule has 0 spiro atoms. The topological polar surface area (TPSA) is 158 Å². The second-order valence-electron chi connectivity index (χ2n) is 8.55. The van der Waals surface area contributed by atoms with Crippen LogP contribution in [-0.4, -0.2) is 52.1 Å². The Balaban J connectivity index is 1.73. The third-order valence-electron chi connectivity index (χ3n) is 5.58. The maximum absolute atomic E-state index is 13.6. The maximum atomic E-state index is 13.6. The molecule has 0 saturated carbocycles. The molecule has 1 aromatic carbocycles. The summed E-state index contributed by atoms with van der Waals surface area (Å²) in [7, 11) is -4.17. The molecule has 5 atom stereocenters. The van der Waals surface area contributed by atoms with Gasteiger partial charge in [-0.1, -0.05) is 47.5 Å². The van der Waals surface area contributed by atoms with Crippen molar-refractivity contribution in [2.75, 3.05) is 13.2 Å². The highest BCUT2D eigenvalue weighted by atomic mass is 79.9. The first-order chi connectivity index (χ1) is 18.2. The molecular formula is C24H31BrN3O9P. The highest BCUT2D eigenvalue weighted by molar-refractivity contribution is 9.11. The first-order valence-corrected chi connectivity index (χ1v) is 14.5. The molecule has 2 heterocycles. The number of benzene rings is 1. The zero-order valence-electron chi connectivity index (χ0n) is 20.9. The van der Waals surface area contributed by atoms with Gasteiger partial charge in [-0.3, -0.25) is 23.7 Å². The largest absolute Gasteiger partial charge is 0.465 e. The van der Waals surface area contributed by atoms with E-state index < -0.39 is 56.0 Å². The van der Waals surface area contributed by atoms with E-state index in [2.05, 4.69) is 26.0 Å². The average Bonchev–Trinajstić information content (AvgIpc) is 3.25. The number of aromatic amines is 1. The second kappa shape index (κ2) is 14.0. The molecule has 0 amide bonds. The Hall–Kier alpha value is -2.54. The highest BCUT2D eigenvalue weighted by Crippen LogP contribution is 2.45. The van der Waals surface area contributed by atoms with Crippen molar-refractivity contribution in [2.45, 2.75) is 57.6 Å². The normalized spacial score (nSPS) is 21.7. The van der Waals surface area contributed by atoms with Gasteiger partial charge in [0.05, 0.1) is 24.9 Å². The van der Waals surface area contributed by atoms with Gasteiger partial charge >= 0.3 is 19.4 Å². The Bertz CT molecular complexity index is 1270. The van der Waals surface area contributed by atoms with Crippen molar-refractivity contribution in [3.05, 3.63) is 67.9 Å². The third kappa shape index (κ3) is 8.23. The van der Waals surface area contributed by atoms with Crippen LogP contribution in [0, 0.1) is 0 Å². The lowest BCUT2D eigenvalue weighted by Gasteiger charge is -2.24. The number of aliphatic hydroxyl groups is 1. The lowest BCUT2D eigenvalue weighted by Crippen LogP contribution is -2.36. The standard InChI is InChI=1S/C24H31BrN3O9P/c1-3-4-12-34-23(31)16(2)27-38(33,37-18-8-6-5-7-9-18)35-15-20-19(29)13-21(36-20)28-14-17(10-11-25)22(30)26-24(28)32/h5-11,14,16,19-21,29H,3-4,12-13,15H2,1-2H3,(H,27,33)(H,26,30,32)/b11-10+/t16-,19?,20+,21+,38?/m0/s1. The van der Waals surface area contributed by atoms with E-state index in [9.17, 15) is 24.1 Å². The minimum Gasteiger partial charge on any atom is -0.465 e. The molecule has 1 fully saturated rings. The van der Waals surface area contributed by atoms with Crippen molar-refractivity contribution in [3.8, 4) is 5.75 Å². The van der Waals surface area contributed by atoms with Gasteiger partial charge in [-0.2, -0.15) is 5.09 Å². The first kappa shape index (κ1) is 30.0. The molecule has 38 heavy (non-hydrogen) atoms. The van der Waals surface area contributed by atoms with Gasteiger partial charge in [0, 0.05) is 12.6 Å². The SMILES string of the molecule is CCCCOC(=O)[C@H](C)NP(=O)(OC[C@H]1O[C@@H](n2cc(/C=C/Br)c(=O)[nH]c2=O)CC1O)Oc1ccccc1. The molecule has 1 aliphatic heterocycles. The number of nitrogens with one attached hydrogen (secondary N) is 2. The number of aliphatic hydroxyl groups excluding tert-OH is 1. The fraction of sp³-hybridized carbons (Fsp3) is 0.458. The second-order valence-corrected chi connectivity index (χ2v) is 10.8. The van der Waals surface area contributed by atoms with Gasteiger partial charge in [0.1, 0.15) is 24.1 Å². The number of ether oxygens (including phenoxy) is 2. The van der Waals surface area contributed by atoms with Gasteiger partial charge in [0.15, 0.2) is 0 Å². The quantitative estimate of drug-likeness (QED) is 0.174. The molecule has 14 heteroatoms. The minimum atomic E-state index is -4.17. The summed E-state index contributed by atoms with van der Waals surface area (Å²) in [4.78, 5) is 40.3. The lowest BCUT2D eigenvalue weighted by molar-refractivity contribution is -0.145. The number of aromatic nitrogens is 2. The Morgan fingerprint density at radius 2 is 2.11 bits per heavy atom. The molecule has 1 saturated heterocycles. The van der Waals surface area contributed by atoms with Crippen LogP contribution in [0.1, 0.15) is 44.9 Å². The van der Waals surface area contributed by atoms with Crippen LogP contribution in [0.2, 0.25) is 0 Å². The number of halogens is 1. The van der Waals surface area contributed by atoms with Crippen molar-refractivity contribution in [2.24, 2.45) is 0 Å². The van der Waals surface area contributed by atoms with Gasteiger partial charge < -0.3 is 19.1 Å². The molecule has 12 nitrogen and oxygen atoms in total. The molecule has 1 aromatic heterocycles. The summed E-state index contributed by atoms with van der Waals surface area (Å²) in [5.74, 6) is -0.394. The van der Waals surface area contributed by atoms with Gasteiger partial charge in [0.2, 0.25) is 0 Å². The van der Waals surface area contributed by atoms with Crippen LogP contribution in [0.15, 0.2) is 51.1 Å². The zero-order valence-corrected chi connectivity index (χ0v) is 23.4. The molecule has 2 aromatic rings. The van der Waals surface area contributed by atoms with Crippen LogP contribution in [0.4, 0.5) is 0 Å². The summed E-state index contributed by atoms with van der Waals surface area (Å²) in [5.41, 5.74) is -1.09. The predicted molar refractivity (Wildman–Crippen MR) is 143 cm³/mol. The number of para-hydroxylation sites is 1. The highest BCUT2D eigenvalue weighted by Gasteiger charge is 2.39. The number of carbonyl (C=O) groups excluding carboxylic acids is 1.